The van der Waals surface area contributed by atoms with Crippen molar-refractivity contribution in [1.82, 2.24) is 4.90 Å². The zero-order valence-corrected chi connectivity index (χ0v) is 19.1. The molecule has 0 radical (unpaired) electrons. The summed E-state index contributed by atoms with van der Waals surface area (Å²) in [7, 11) is 0. The molecule has 8 heteroatoms. The second-order valence-electron chi connectivity index (χ2n) is 7.51. The lowest BCUT2D eigenvalue weighted by molar-refractivity contribution is -0.140. The van der Waals surface area contributed by atoms with E-state index in [-0.39, 0.29) is 36.1 Å². The molecule has 1 aromatic carbocycles. The van der Waals surface area contributed by atoms with Gasteiger partial charge in [0.15, 0.2) is 0 Å². The molecular formula is C23H28N2O5S. The summed E-state index contributed by atoms with van der Waals surface area (Å²) in [5, 5.41) is -0.0174. The third kappa shape index (κ3) is 4.35. The van der Waals surface area contributed by atoms with Crippen molar-refractivity contribution in [2.75, 3.05) is 13.2 Å². The maximum absolute atomic E-state index is 13.2. The normalized spacial score (nSPS) is 20.8. The molecule has 3 rings (SSSR count). The quantitative estimate of drug-likeness (QED) is 0.509. The molecular weight excluding hydrogens is 416 g/mol. The van der Waals surface area contributed by atoms with Crippen molar-refractivity contribution in [3.8, 4) is 0 Å². The number of hydrogen-bond donors (Lipinski definition) is 1. The fraction of sp³-hybridized carbons (Fsp3) is 0.435. The number of ether oxygens (including phenoxy) is 2. The highest BCUT2D eigenvalue weighted by molar-refractivity contribution is 8.04. The lowest BCUT2D eigenvalue weighted by Gasteiger charge is -2.33. The van der Waals surface area contributed by atoms with Crippen LogP contribution in [0.25, 0.3) is 0 Å². The SMILES string of the molecule is CCCCOC(=O)C1=C(N)N2C(=O)C(C)SC2=C(C(=O)OCC)C1c1ccc(C)cc1. The van der Waals surface area contributed by atoms with Crippen LogP contribution in [0.5, 0.6) is 0 Å². The van der Waals surface area contributed by atoms with Gasteiger partial charge < -0.3 is 15.2 Å². The highest BCUT2D eigenvalue weighted by Gasteiger charge is 2.49. The van der Waals surface area contributed by atoms with Crippen molar-refractivity contribution in [2.45, 2.75) is 51.7 Å². The fourth-order valence-electron chi connectivity index (χ4n) is 3.62. The van der Waals surface area contributed by atoms with Crippen LogP contribution in [0, 0.1) is 6.92 Å². The number of carbonyl (C=O) groups is 3. The number of nitrogens with two attached hydrogens (primary N) is 1. The molecule has 2 heterocycles. The average Bonchev–Trinajstić information content (AvgIpc) is 3.03. The zero-order chi connectivity index (χ0) is 22.7. The number of thioether (sulfide) groups is 1. The zero-order valence-electron chi connectivity index (χ0n) is 18.3. The smallest absolute Gasteiger partial charge is 0.338 e. The summed E-state index contributed by atoms with van der Waals surface area (Å²) in [6.45, 7) is 7.80. The second kappa shape index (κ2) is 9.60. The Morgan fingerprint density at radius 1 is 1.10 bits per heavy atom. The first kappa shape index (κ1) is 22.9. The molecule has 0 aliphatic carbocycles. The third-order valence-electron chi connectivity index (χ3n) is 5.24. The van der Waals surface area contributed by atoms with Gasteiger partial charge in [-0.15, -0.1) is 0 Å². The molecule has 2 N–H and O–H groups in total. The van der Waals surface area contributed by atoms with E-state index in [2.05, 4.69) is 0 Å². The van der Waals surface area contributed by atoms with Crippen LogP contribution in [-0.2, 0) is 23.9 Å². The molecule has 0 saturated carbocycles. The lowest BCUT2D eigenvalue weighted by Crippen LogP contribution is -2.40. The van der Waals surface area contributed by atoms with E-state index in [1.54, 1.807) is 13.8 Å². The monoisotopic (exact) mass is 444 g/mol. The minimum absolute atomic E-state index is 0.0111. The molecule has 1 saturated heterocycles. The van der Waals surface area contributed by atoms with Crippen molar-refractivity contribution in [3.63, 3.8) is 0 Å². The number of fused-ring (bicyclic) bond motifs is 1. The molecule has 0 aromatic heterocycles. The second-order valence-corrected chi connectivity index (χ2v) is 8.83. The Kier molecular flexibility index (Phi) is 7.10. The number of esters is 2. The molecule has 31 heavy (non-hydrogen) atoms. The minimum Gasteiger partial charge on any atom is -0.463 e. The molecule has 2 atom stereocenters. The summed E-state index contributed by atoms with van der Waals surface area (Å²) < 4.78 is 10.8. The van der Waals surface area contributed by atoms with Crippen LogP contribution in [0.1, 0.15) is 50.7 Å². The maximum Gasteiger partial charge on any atom is 0.338 e. The molecule has 2 aliphatic heterocycles. The number of amides is 1. The van der Waals surface area contributed by atoms with Gasteiger partial charge in [-0.25, -0.2) is 9.59 Å². The Hall–Kier alpha value is -2.74. The van der Waals surface area contributed by atoms with Crippen molar-refractivity contribution in [2.24, 2.45) is 5.73 Å². The Bertz CT molecular complexity index is 951. The number of benzene rings is 1. The molecule has 1 amide bonds. The van der Waals surface area contributed by atoms with Gasteiger partial charge in [0.1, 0.15) is 5.82 Å². The van der Waals surface area contributed by atoms with Crippen LogP contribution < -0.4 is 5.73 Å². The predicted molar refractivity (Wildman–Crippen MR) is 119 cm³/mol. The first-order chi connectivity index (χ1) is 14.8. The van der Waals surface area contributed by atoms with E-state index in [9.17, 15) is 14.4 Å². The van der Waals surface area contributed by atoms with Gasteiger partial charge in [0, 0.05) is 0 Å². The van der Waals surface area contributed by atoms with Gasteiger partial charge in [-0.3, -0.25) is 9.69 Å². The van der Waals surface area contributed by atoms with Gasteiger partial charge in [0.2, 0.25) is 5.91 Å². The van der Waals surface area contributed by atoms with Crippen LogP contribution in [0.15, 0.2) is 46.3 Å². The number of rotatable bonds is 7. The number of nitrogens with zero attached hydrogens (tertiary/aromatic N) is 1. The highest BCUT2D eigenvalue weighted by atomic mass is 32.2. The predicted octanol–water partition coefficient (Wildman–Crippen LogP) is 3.34. The number of hydrogen-bond acceptors (Lipinski definition) is 7. The van der Waals surface area contributed by atoms with Gasteiger partial charge >= 0.3 is 11.9 Å². The Morgan fingerprint density at radius 2 is 1.74 bits per heavy atom. The highest BCUT2D eigenvalue weighted by Crippen LogP contribution is 2.49. The molecule has 2 aliphatic rings. The van der Waals surface area contributed by atoms with E-state index in [1.807, 2.05) is 38.1 Å². The van der Waals surface area contributed by atoms with Crippen molar-refractivity contribution in [1.29, 1.82) is 0 Å². The van der Waals surface area contributed by atoms with E-state index in [4.69, 9.17) is 15.2 Å². The lowest BCUT2D eigenvalue weighted by atomic mass is 9.82. The molecule has 0 bridgehead atoms. The average molecular weight is 445 g/mol. The first-order valence-electron chi connectivity index (χ1n) is 10.5. The van der Waals surface area contributed by atoms with E-state index < -0.39 is 23.1 Å². The van der Waals surface area contributed by atoms with Crippen molar-refractivity contribution < 1.29 is 23.9 Å². The standard InChI is InChI=1S/C23H28N2O5S/c1-5-7-12-30-22(27)17-16(15-10-8-13(3)9-11-15)18(23(28)29-6-2)21-25(19(17)24)20(26)14(4)31-21/h8-11,14,16H,5-7,12,24H2,1-4H3. The van der Waals surface area contributed by atoms with Crippen LogP contribution in [0.2, 0.25) is 0 Å². The van der Waals surface area contributed by atoms with E-state index in [1.165, 1.54) is 16.7 Å². The Labute approximate surface area is 186 Å². The van der Waals surface area contributed by atoms with Crippen LogP contribution in [0.4, 0.5) is 0 Å². The molecule has 2 unspecified atom stereocenters. The van der Waals surface area contributed by atoms with Crippen LogP contribution >= 0.6 is 11.8 Å². The molecule has 0 spiro atoms. The third-order valence-corrected chi connectivity index (χ3v) is 6.42. The van der Waals surface area contributed by atoms with Gasteiger partial charge in [-0.1, -0.05) is 54.9 Å². The van der Waals surface area contributed by atoms with Crippen LogP contribution in [0.3, 0.4) is 0 Å². The van der Waals surface area contributed by atoms with E-state index in [0.29, 0.717) is 17.0 Å². The van der Waals surface area contributed by atoms with Gasteiger partial charge in [-0.05, 0) is 32.8 Å². The topological polar surface area (TPSA) is 98.9 Å². The summed E-state index contributed by atoms with van der Waals surface area (Å²) >= 11 is 1.25. The number of carbonyl (C=O) groups excluding carboxylic acids is 3. The van der Waals surface area contributed by atoms with Gasteiger partial charge in [-0.2, -0.15) is 0 Å². The number of unbranched alkanes of at least 4 members (excludes halogenated alkanes) is 1. The Balaban J connectivity index is 2.21. The molecule has 166 valence electrons. The largest absolute Gasteiger partial charge is 0.463 e. The van der Waals surface area contributed by atoms with Crippen molar-refractivity contribution in [3.05, 3.63) is 57.4 Å². The molecule has 1 fully saturated rings. The molecule has 7 nitrogen and oxygen atoms in total. The summed E-state index contributed by atoms with van der Waals surface area (Å²) in [4.78, 5) is 40.4. The summed E-state index contributed by atoms with van der Waals surface area (Å²) in [5.41, 5.74) is 8.48. The van der Waals surface area contributed by atoms with Gasteiger partial charge in [0.05, 0.1) is 40.6 Å². The van der Waals surface area contributed by atoms with Crippen LogP contribution in [-0.4, -0.2) is 41.2 Å². The number of aryl methyl sites for hydroxylation is 1. The summed E-state index contributed by atoms with van der Waals surface area (Å²) in [6.07, 6.45) is 1.57. The summed E-state index contributed by atoms with van der Waals surface area (Å²) in [6, 6.07) is 7.52. The minimum atomic E-state index is -0.786. The van der Waals surface area contributed by atoms with Crippen molar-refractivity contribution >= 4 is 29.6 Å². The van der Waals surface area contributed by atoms with E-state index in [0.717, 1.165) is 12.0 Å². The Morgan fingerprint density at radius 3 is 2.35 bits per heavy atom. The fourth-order valence-corrected chi connectivity index (χ4v) is 4.78. The first-order valence-corrected chi connectivity index (χ1v) is 11.3. The maximum atomic E-state index is 13.2. The molecule has 1 aromatic rings. The van der Waals surface area contributed by atoms with Gasteiger partial charge in [0.25, 0.3) is 0 Å². The van der Waals surface area contributed by atoms with E-state index >= 15 is 0 Å². The summed E-state index contributed by atoms with van der Waals surface area (Å²) in [5.74, 6) is -2.26.